The van der Waals surface area contributed by atoms with Gasteiger partial charge in [-0.3, -0.25) is 9.59 Å². The quantitative estimate of drug-likeness (QED) is 0.804. The van der Waals surface area contributed by atoms with Gasteiger partial charge >= 0.3 is 0 Å². The molecule has 1 aromatic rings. The first kappa shape index (κ1) is 13.4. The minimum atomic E-state index is -0.484. The highest BCUT2D eigenvalue weighted by Gasteiger charge is 2.28. The van der Waals surface area contributed by atoms with E-state index in [1.54, 1.807) is 24.3 Å². The number of carbonyl (C=O) groups is 2. The molecular formula is C14H18N2O3. The lowest BCUT2D eigenvalue weighted by Crippen LogP contribution is -2.37. The fourth-order valence-electron chi connectivity index (χ4n) is 1.87. The number of carbonyl (C=O) groups excluding carboxylic acids is 2. The molecule has 1 aromatic carbocycles. The van der Waals surface area contributed by atoms with Crippen molar-refractivity contribution in [3.8, 4) is 5.75 Å². The lowest BCUT2D eigenvalue weighted by molar-refractivity contribution is -0.123. The van der Waals surface area contributed by atoms with Crippen molar-refractivity contribution in [2.75, 3.05) is 6.61 Å². The summed E-state index contributed by atoms with van der Waals surface area (Å²) < 4.78 is 5.34. The van der Waals surface area contributed by atoms with E-state index < -0.39 is 5.91 Å². The molecule has 3 N–H and O–H groups in total. The molecule has 0 bridgehead atoms. The maximum Gasteiger partial charge on any atom is 0.258 e. The van der Waals surface area contributed by atoms with Crippen molar-refractivity contribution in [2.45, 2.75) is 25.8 Å². The lowest BCUT2D eigenvalue weighted by atomic mass is 10.2. The second kappa shape index (κ2) is 5.73. The fourth-order valence-corrected chi connectivity index (χ4v) is 1.87. The third-order valence-electron chi connectivity index (χ3n) is 3.23. The Labute approximate surface area is 112 Å². The minimum absolute atomic E-state index is 0.0209. The molecule has 5 nitrogen and oxygen atoms in total. The number of rotatable bonds is 6. The van der Waals surface area contributed by atoms with E-state index in [2.05, 4.69) is 5.32 Å². The van der Waals surface area contributed by atoms with E-state index in [-0.39, 0.29) is 18.6 Å². The van der Waals surface area contributed by atoms with Gasteiger partial charge in [-0.25, -0.2) is 0 Å². The van der Waals surface area contributed by atoms with Gasteiger partial charge in [-0.15, -0.1) is 0 Å². The van der Waals surface area contributed by atoms with Crippen LogP contribution in [-0.2, 0) is 4.79 Å². The summed E-state index contributed by atoms with van der Waals surface area (Å²) in [5.74, 6) is 0.555. The maximum atomic E-state index is 11.6. The van der Waals surface area contributed by atoms with Gasteiger partial charge in [0.05, 0.1) is 0 Å². The van der Waals surface area contributed by atoms with Crippen LogP contribution in [0.2, 0.25) is 0 Å². The molecule has 102 valence electrons. The van der Waals surface area contributed by atoms with E-state index in [1.165, 1.54) is 12.8 Å². The van der Waals surface area contributed by atoms with Crippen LogP contribution in [0.15, 0.2) is 24.3 Å². The van der Waals surface area contributed by atoms with Gasteiger partial charge in [0.15, 0.2) is 6.61 Å². The van der Waals surface area contributed by atoms with Crippen LogP contribution in [0.3, 0.4) is 0 Å². The first-order chi connectivity index (χ1) is 9.06. The van der Waals surface area contributed by atoms with Crippen LogP contribution < -0.4 is 15.8 Å². The summed E-state index contributed by atoms with van der Waals surface area (Å²) in [6.45, 7) is 1.99. The van der Waals surface area contributed by atoms with Crippen LogP contribution in [0, 0.1) is 5.92 Å². The molecule has 1 aliphatic carbocycles. The molecule has 5 heteroatoms. The van der Waals surface area contributed by atoms with E-state index in [9.17, 15) is 9.59 Å². The molecule has 2 amide bonds. The van der Waals surface area contributed by atoms with Gasteiger partial charge in [0, 0.05) is 11.6 Å². The Hall–Kier alpha value is -2.04. The highest BCUT2D eigenvalue weighted by molar-refractivity contribution is 5.92. The topological polar surface area (TPSA) is 81.4 Å². The summed E-state index contributed by atoms with van der Waals surface area (Å²) in [5, 5.41) is 2.90. The minimum Gasteiger partial charge on any atom is -0.484 e. The molecule has 1 unspecified atom stereocenters. The molecule has 19 heavy (non-hydrogen) atoms. The van der Waals surface area contributed by atoms with Crippen molar-refractivity contribution >= 4 is 11.8 Å². The second-order valence-electron chi connectivity index (χ2n) is 4.87. The van der Waals surface area contributed by atoms with E-state index in [0.29, 0.717) is 17.2 Å². The van der Waals surface area contributed by atoms with Gasteiger partial charge < -0.3 is 15.8 Å². The van der Waals surface area contributed by atoms with Crippen molar-refractivity contribution in [3.63, 3.8) is 0 Å². The Bertz CT molecular complexity index is 466. The third kappa shape index (κ3) is 3.98. The third-order valence-corrected chi connectivity index (χ3v) is 3.23. The number of benzene rings is 1. The van der Waals surface area contributed by atoms with Crippen LogP contribution in [-0.4, -0.2) is 24.5 Å². The van der Waals surface area contributed by atoms with E-state index >= 15 is 0 Å². The normalized spacial score (nSPS) is 15.6. The Kier molecular flexibility index (Phi) is 4.04. The Morgan fingerprint density at radius 3 is 2.53 bits per heavy atom. The molecule has 0 radical (unpaired) electrons. The van der Waals surface area contributed by atoms with Crippen molar-refractivity contribution in [2.24, 2.45) is 11.7 Å². The highest BCUT2D eigenvalue weighted by Crippen LogP contribution is 2.32. The van der Waals surface area contributed by atoms with Gasteiger partial charge in [0.2, 0.25) is 5.91 Å². The van der Waals surface area contributed by atoms with Crippen LogP contribution in [0.1, 0.15) is 30.1 Å². The largest absolute Gasteiger partial charge is 0.484 e. The molecule has 0 aromatic heterocycles. The monoisotopic (exact) mass is 262 g/mol. The Morgan fingerprint density at radius 2 is 2.00 bits per heavy atom. The summed E-state index contributed by atoms with van der Waals surface area (Å²) in [5.41, 5.74) is 5.55. The van der Waals surface area contributed by atoms with Gasteiger partial charge in [0.25, 0.3) is 5.91 Å². The zero-order chi connectivity index (χ0) is 13.8. The average Bonchev–Trinajstić information content (AvgIpc) is 3.21. The lowest BCUT2D eigenvalue weighted by Gasteiger charge is -2.13. The van der Waals surface area contributed by atoms with Gasteiger partial charge in [-0.1, -0.05) is 0 Å². The highest BCUT2D eigenvalue weighted by atomic mass is 16.5. The van der Waals surface area contributed by atoms with Gasteiger partial charge in [-0.2, -0.15) is 0 Å². The van der Waals surface area contributed by atoms with Crippen LogP contribution in [0.5, 0.6) is 5.75 Å². The number of hydrogen-bond acceptors (Lipinski definition) is 3. The van der Waals surface area contributed by atoms with Crippen molar-refractivity contribution in [3.05, 3.63) is 29.8 Å². The standard InChI is InChI=1S/C14H18N2O3/c1-9(10-2-3-10)16-13(17)8-19-12-6-4-11(5-7-12)14(15)18/h4-7,9-10H,2-3,8H2,1H3,(H2,15,18)(H,16,17). The summed E-state index contributed by atoms with van der Waals surface area (Å²) >= 11 is 0. The summed E-state index contributed by atoms with van der Waals surface area (Å²) in [6.07, 6.45) is 2.38. The fraction of sp³-hybridized carbons (Fsp3) is 0.429. The molecule has 0 saturated heterocycles. The molecule has 1 saturated carbocycles. The van der Waals surface area contributed by atoms with Gasteiger partial charge in [-0.05, 0) is 49.9 Å². The Balaban J connectivity index is 1.77. The van der Waals surface area contributed by atoms with Crippen molar-refractivity contribution in [1.29, 1.82) is 0 Å². The molecule has 1 fully saturated rings. The number of amides is 2. The number of nitrogens with one attached hydrogen (secondary N) is 1. The zero-order valence-electron chi connectivity index (χ0n) is 10.9. The first-order valence-corrected chi connectivity index (χ1v) is 6.38. The predicted octanol–water partition coefficient (Wildman–Crippen LogP) is 1.08. The second-order valence-corrected chi connectivity index (χ2v) is 4.87. The molecule has 0 spiro atoms. The van der Waals surface area contributed by atoms with Crippen molar-refractivity contribution < 1.29 is 14.3 Å². The number of primary amides is 1. The molecule has 0 aliphatic heterocycles. The number of nitrogens with two attached hydrogens (primary N) is 1. The van der Waals surface area contributed by atoms with Crippen LogP contribution in [0.25, 0.3) is 0 Å². The molecule has 1 aliphatic rings. The summed E-state index contributed by atoms with van der Waals surface area (Å²) in [4.78, 5) is 22.5. The van der Waals surface area contributed by atoms with Gasteiger partial charge in [0.1, 0.15) is 5.75 Å². The first-order valence-electron chi connectivity index (χ1n) is 6.38. The number of ether oxygens (including phenoxy) is 1. The molecule has 2 rings (SSSR count). The van der Waals surface area contributed by atoms with E-state index in [1.807, 2.05) is 6.92 Å². The van der Waals surface area contributed by atoms with E-state index in [4.69, 9.17) is 10.5 Å². The maximum absolute atomic E-state index is 11.6. The average molecular weight is 262 g/mol. The molecular weight excluding hydrogens is 244 g/mol. The SMILES string of the molecule is CC(NC(=O)COc1ccc(C(N)=O)cc1)C1CC1. The smallest absolute Gasteiger partial charge is 0.258 e. The number of hydrogen-bond donors (Lipinski definition) is 2. The predicted molar refractivity (Wildman–Crippen MR) is 70.8 cm³/mol. The van der Waals surface area contributed by atoms with Crippen LogP contribution in [0.4, 0.5) is 0 Å². The van der Waals surface area contributed by atoms with Crippen molar-refractivity contribution in [1.82, 2.24) is 5.32 Å². The molecule has 1 atom stereocenters. The van der Waals surface area contributed by atoms with Crippen LogP contribution >= 0.6 is 0 Å². The Morgan fingerprint density at radius 1 is 1.37 bits per heavy atom. The summed E-state index contributed by atoms with van der Waals surface area (Å²) in [7, 11) is 0. The van der Waals surface area contributed by atoms with E-state index in [0.717, 1.165) is 0 Å². The summed E-state index contributed by atoms with van der Waals surface area (Å²) in [6, 6.07) is 6.61. The zero-order valence-corrected chi connectivity index (χ0v) is 10.9. The molecule has 0 heterocycles.